The van der Waals surface area contributed by atoms with E-state index in [9.17, 15) is 18.0 Å². The van der Waals surface area contributed by atoms with Crippen molar-refractivity contribution in [3.63, 3.8) is 0 Å². The fraction of sp³-hybridized carbons (Fsp3) is 0.600. The molecule has 0 bridgehead atoms. The lowest BCUT2D eigenvalue weighted by Gasteiger charge is -2.33. The number of amides is 2. The molecule has 0 unspecified atom stereocenters. The Bertz CT molecular complexity index is 818. The van der Waals surface area contributed by atoms with Gasteiger partial charge in [-0.15, -0.1) is 0 Å². The Labute approximate surface area is 178 Å². The van der Waals surface area contributed by atoms with Gasteiger partial charge < -0.3 is 15.4 Å². The molecular formula is C20H32N4O5S. The van der Waals surface area contributed by atoms with Gasteiger partial charge in [-0.3, -0.25) is 14.5 Å². The summed E-state index contributed by atoms with van der Waals surface area (Å²) >= 11 is 0. The molecule has 1 aromatic carbocycles. The van der Waals surface area contributed by atoms with Crippen molar-refractivity contribution in [3.8, 4) is 5.75 Å². The lowest BCUT2D eigenvalue weighted by Crippen LogP contribution is -2.54. The van der Waals surface area contributed by atoms with Crippen LogP contribution in [0.2, 0.25) is 0 Å². The van der Waals surface area contributed by atoms with Crippen LogP contribution in [0.5, 0.6) is 5.75 Å². The number of carbonyl (C=O) groups excluding carboxylic acids is 2. The van der Waals surface area contributed by atoms with E-state index in [0.29, 0.717) is 38.2 Å². The number of carbonyl (C=O) groups is 2. The van der Waals surface area contributed by atoms with E-state index in [2.05, 4.69) is 15.4 Å². The Hall–Kier alpha value is -2.17. The minimum absolute atomic E-state index is 0.0368. The minimum atomic E-state index is -3.86. The van der Waals surface area contributed by atoms with E-state index in [-0.39, 0.29) is 28.7 Å². The molecule has 1 fully saturated rings. The maximum absolute atomic E-state index is 12.8. The summed E-state index contributed by atoms with van der Waals surface area (Å²) in [6.45, 7) is 5.33. The maximum atomic E-state index is 12.8. The molecular weight excluding hydrogens is 408 g/mol. The second-order valence-electron chi connectivity index (χ2n) is 7.75. The number of benzene rings is 1. The lowest BCUT2D eigenvalue weighted by molar-refractivity contribution is -0.125. The summed E-state index contributed by atoms with van der Waals surface area (Å²) in [7, 11) is -0.750. The predicted molar refractivity (Wildman–Crippen MR) is 114 cm³/mol. The second kappa shape index (κ2) is 10.7. The number of nitrogens with one attached hydrogen (secondary N) is 3. The van der Waals surface area contributed by atoms with E-state index in [1.165, 1.54) is 19.2 Å². The van der Waals surface area contributed by atoms with Crippen LogP contribution in [0.25, 0.3) is 0 Å². The summed E-state index contributed by atoms with van der Waals surface area (Å²) in [5, 5.41) is 5.57. The van der Waals surface area contributed by atoms with Crippen LogP contribution >= 0.6 is 0 Å². The fourth-order valence-electron chi connectivity index (χ4n) is 3.29. The molecule has 1 aliphatic rings. The highest BCUT2D eigenvalue weighted by Crippen LogP contribution is 2.17. The highest BCUT2D eigenvalue weighted by atomic mass is 32.2. The molecule has 2 rings (SSSR count). The normalized spacial score (nSPS) is 16.8. The van der Waals surface area contributed by atoms with Crippen LogP contribution in [0.15, 0.2) is 29.2 Å². The first-order chi connectivity index (χ1) is 14.2. The van der Waals surface area contributed by atoms with Gasteiger partial charge in [0.15, 0.2) is 0 Å². The van der Waals surface area contributed by atoms with Gasteiger partial charge >= 0.3 is 0 Å². The monoisotopic (exact) mass is 440 g/mol. The standard InChI is InChI=1S/C20H32N4O5S/c1-14(2)19(23-30(27,28)17-7-5-16(29-4)6-8-17)20(26)22-15-9-11-24(12-10-15)13-18(25)21-3/h5-8,14-15,19,23H,9-13H2,1-4H3,(H,21,25)(H,22,26)/t19-/m0/s1. The highest BCUT2D eigenvalue weighted by Gasteiger charge is 2.30. The third-order valence-electron chi connectivity index (χ3n) is 5.18. The first-order valence-corrected chi connectivity index (χ1v) is 11.5. The molecule has 168 valence electrons. The molecule has 1 aliphatic heterocycles. The van der Waals surface area contributed by atoms with E-state index >= 15 is 0 Å². The van der Waals surface area contributed by atoms with Crippen LogP contribution in [0.4, 0.5) is 0 Å². The molecule has 1 atom stereocenters. The number of hydrogen-bond donors (Lipinski definition) is 3. The van der Waals surface area contributed by atoms with Gasteiger partial charge in [-0.1, -0.05) is 13.8 Å². The smallest absolute Gasteiger partial charge is 0.241 e. The number of hydrogen-bond acceptors (Lipinski definition) is 6. The number of nitrogens with zero attached hydrogens (tertiary/aromatic N) is 1. The van der Waals surface area contributed by atoms with Gasteiger partial charge in [-0.2, -0.15) is 4.72 Å². The molecule has 2 amide bonds. The van der Waals surface area contributed by atoms with Gasteiger partial charge in [0, 0.05) is 26.2 Å². The van der Waals surface area contributed by atoms with Gasteiger partial charge in [-0.05, 0) is 43.0 Å². The molecule has 3 N–H and O–H groups in total. The van der Waals surface area contributed by atoms with Crippen LogP contribution in [-0.2, 0) is 19.6 Å². The van der Waals surface area contributed by atoms with Crippen LogP contribution in [0, 0.1) is 5.92 Å². The van der Waals surface area contributed by atoms with E-state index in [1.807, 2.05) is 4.90 Å². The minimum Gasteiger partial charge on any atom is -0.497 e. The Morgan fingerprint density at radius 2 is 1.77 bits per heavy atom. The van der Waals surface area contributed by atoms with Gasteiger partial charge in [0.25, 0.3) is 0 Å². The van der Waals surface area contributed by atoms with E-state index < -0.39 is 16.1 Å². The number of rotatable bonds is 9. The zero-order chi connectivity index (χ0) is 22.3. The van der Waals surface area contributed by atoms with Crippen molar-refractivity contribution in [2.75, 3.05) is 33.8 Å². The largest absolute Gasteiger partial charge is 0.497 e. The van der Waals surface area contributed by atoms with E-state index in [1.54, 1.807) is 33.0 Å². The van der Waals surface area contributed by atoms with Crippen molar-refractivity contribution in [1.29, 1.82) is 0 Å². The molecule has 0 radical (unpaired) electrons. The number of piperidine rings is 1. The second-order valence-corrected chi connectivity index (χ2v) is 9.46. The fourth-order valence-corrected chi connectivity index (χ4v) is 4.63. The molecule has 0 aliphatic carbocycles. The van der Waals surface area contributed by atoms with Crippen molar-refractivity contribution >= 4 is 21.8 Å². The van der Waals surface area contributed by atoms with Gasteiger partial charge in [0.05, 0.1) is 18.6 Å². The zero-order valence-corrected chi connectivity index (χ0v) is 18.8. The molecule has 1 saturated heterocycles. The van der Waals surface area contributed by atoms with Gasteiger partial charge in [0.1, 0.15) is 11.8 Å². The van der Waals surface area contributed by atoms with Crippen molar-refractivity contribution in [3.05, 3.63) is 24.3 Å². The van der Waals surface area contributed by atoms with Crippen LogP contribution in [-0.4, -0.2) is 71.0 Å². The SMILES string of the molecule is CNC(=O)CN1CCC(NC(=O)[C@@H](NS(=O)(=O)c2ccc(OC)cc2)C(C)C)CC1. The Kier molecular flexibility index (Phi) is 8.63. The number of likely N-dealkylation sites (N-methyl/N-ethyl adjacent to an activating group) is 1. The van der Waals surface area contributed by atoms with E-state index in [0.717, 1.165) is 0 Å². The highest BCUT2D eigenvalue weighted by molar-refractivity contribution is 7.89. The summed E-state index contributed by atoms with van der Waals surface area (Å²) in [5.74, 6) is -0.0571. The van der Waals surface area contributed by atoms with Crippen molar-refractivity contribution in [2.45, 2.75) is 43.7 Å². The van der Waals surface area contributed by atoms with Crippen molar-refractivity contribution < 1.29 is 22.7 Å². The van der Waals surface area contributed by atoms with Crippen molar-refractivity contribution in [1.82, 2.24) is 20.3 Å². The zero-order valence-electron chi connectivity index (χ0n) is 18.0. The molecule has 9 nitrogen and oxygen atoms in total. The molecule has 0 saturated carbocycles. The summed E-state index contributed by atoms with van der Waals surface area (Å²) < 4.78 is 33.1. The molecule has 0 aromatic heterocycles. The first kappa shape index (κ1) is 24.1. The Morgan fingerprint density at radius 3 is 2.27 bits per heavy atom. The average molecular weight is 441 g/mol. The van der Waals surface area contributed by atoms with Crippen LogP contribution in [0.1, 0.15) is 26.7 Å². The maximum Gasteiger partial charge on any atom is 0.241 e. The third-order valence-corrected chi connectivity index (χ3v) is 6.64. The number of methoxy groups -OCH3 is 1. The van der Waals surface area contributed by atoms with Gasteiger partial charge in [0.2, 0.25) is 21.8 Å². The molecule has 30 heavy (non-hydrogen) atoms. The summed E-state index contributed by atoms with van der Waals surface area (Å²) in [6.07, 6.45) is 1.41. The van der Waals surface area contributed by atoms with Gasteiger partial charge in [-0.25, -0.2) is 8.42 Å². The Balaban J connectivity index is 1.97. The topological polar surface area (TPSA) is 117 Å². The number of sulfonamides is 1. The third kappa shape index (κ3) is 6.68. The van der Waals surface area contributed by atoms with Crippen LogP contribution in [0.3, 0.4) is 0 Å². The van der Waals surface area contributed by atoms with E-state index in [4.69, 9.17) is 4.74 Å². The average Bonchev–Trinajstić information content (AvgIpc) is 2.73. The number of likely N-dealkylation sites (tertiary alicyclic amines) is 1. The van der Waals surface area contributed by atoms with Crippen molar-refractivity contribution in [2.24, 2.45) is 5.92 Å². The summed E-state index contributed by atoms with van der Waals surface area (Å²) in [5.41, 5.74) is 0. The predicted octanol–water partition coefficient (Wildman–Crippen LogP) is 0.325. The lowest BCUT2D eigenvalue weighted by atomic mass is 10.0. The Morgan fingerprint density at radius 1 is 1.17 bits per heavy atom. The summed E-state index contributed by atoms with van der Waals surface area (Å²) in [6, 6.07) is 5.07. The molecule has 0 spiro atoms. The summed E-state index contributed by atoms with van der Waals surface area (Å²) in [4.78, 5) is 26.4. The molecule has 1 heterocycles. The molecule has 1 aromatic rings. The quantitative estimate of drug-likeness (QED) is 0.509. The molecule has 10 heteroatoms. The first-order valence-electron chi connectivity index (χ1n) is 10.1. The number of ether oxygens (including phenoxy) is 1. The van der Waals surface area contributed by atoms with Crippen LogP contribution < -0.4 is 20.1 Å².